The van der Waals surface area contributed by atoms with Gasteiger partial charge in [0, 0.05) is 7.11 Å². The third-order valence-corrected chi connectivity index (χ3v) is 1.82. The maximum absolute atomic E-state index is 8.94. The van der Waals surface area contributed by atoms with Gasteiger partial charge in [-0.05, 0) is 28.1 Å². The first-order valence-electron chi connectivity index (χ1n) is 3.66. The van der Waals surface area contributed by atoms with Gasteiger partial charge in [-0.3, -0.25) is 0 Å². The van der Waals surface area contributed by atoms with Crippen LogP contribution in [0.5, 0.6) is 5.75 Å². The number of halogens is 1. The summed E-state index contributed by atoms with van der Waals surface area (Å²) in [4.78, 5) is 4.03. The highest BCUT2D eigenvalue weighted by Crippen LogP contribution is 2.19. The van der Waals surface area contributed by atoms with Crippen LogP contribution in [0, 0.1) is 0 Å². The van der Waals surface area contributed by atoms with Crippen molar-refractivity contribution in [1.82, 2.24) is 4.98 Å². The van der Waals surface area contributed by atoms with Gasteiger partial charge in [0.1, 0.15) is 16.0 Å². The predicted octanol–water partition coefficient (Wildman–Crippen LogP) is 1.32. The number of pyridine rings is 1. The molecule has 5 heteroatoms. The Balaban J connectivity index is 2.79. The van der Waals surface area contributed by atoms with E-state index in [0.717, 1.165) is 0 Å². The van der Waals surface area contributed by atoms with Crippen LogP contribution in [0.3, 0.4) is 0 Å². The molecule has 72 valence electrons. The van der Waals surface area contributed by atoms with E-state index in [0.29, 0.717) is 16.0 Å². The topological polar surface area (TPSA) is 51.6 Å². The molecule has 1 aromatic rings. The van der Waals surface area contributed by atoms with Crippen LogP contribution in [-0.2, 0) is 11.3 Å². The number of aromatic nitrogens is 1. The summed E-state index contributed by atoms with van der Waals surface area (Å²) in [6.45, 7) is -0.00516. The van der Waals surface area contributed by atoms with Gasteiger partial charge in [0.05, 0.1) is 6.61 Å². The molecule has 1 rings (SSSR count). The molecular formula is C8H10BrNO3. The number of methoxy groups -OCH3 is 1. The van der Waals surface area contributed by atoms with Crippen LogP contribution in [-0.4, -0.2) is 24.0 Å². The van der Waals surface area contributed by atoms with Gasteiger partial charge in [0.2, 0.25) is 0 Å². The van der Waals surface area contributed by atoms with Crippen LogP contribution < -0.4 is 4.74 Å². The predicted molar refractivity (Wildman–Crippen MR) is 50.4 cm³/mol. The zero-order chi connectivity index (χ0) is 9.68. The van der Waals surface area contributed by atoms with E-state index >= 15 is 0 Å². The first kappa shape index (κ1) is 10.4. The zero-order valence-electron chi connectivity index (χ0n) is 7.16. The summed E-state index contributed by atoms with van der Waals surface area (Å²) >= 11 is 3.20. The van der Waals surface area contributed by atoms with Gasteiger partial charge in [-0.1, -0.05) is 0 Å². The normalized spacial score (nSPS) is 10.1. The van der Waals surface area contributed by atoms with Crippen molar-refractivity contribution in [1.29, 1.82) is 0 Å². The third kappa shape index (κ3) is 2.95. The van der Waals surface area contributed by atoms with Crippen LogP contribution >= 0.6 is 15.9 Å². The number of hydrogen-bond donors (Lipinski definition) is 1. The lowest BCUT2D eigenvalue weighted by atomic mass is 10.3. The number of ether oxygens (including phenoxy) is 2. The molecule has 0 saturated heterocycles. The molecular weight excluding hydrogens is 238 g/mol. The highest BCUT2D eigenvalue weighted by atomic mass is 79.9. The number of nitrogens with zero attached hydrogens (tertiary/aromatic N) is 1. The summed E-state index contributed by atoms with van der Waals surface area (Å²) in [5.41, 5.74) is 0.492. The highest BCUT2D eigenvalue weighted by Gasteiger charge is 2.04. The quantitative estimate of drug-likeness (QED) is 0.644. The highest BCUT2D eigenvalue weighted by molar-refractivity contribution is 9.10. The number of aliphatic hydroxyl groups is 1. The molecule has 0 radical (unpaired) electrons. The zero-order valence-corrected chi connectivity index (χ0v) is 8.74. The van der Waals surface area contributed by atoms with Gasteiger partial charge in [-0.25, -0.2) is 4.98 Å². The van der Waals surface area contributed by atoms with Crippen LogP contribution in [0.1, 0.15) is 5.69 Å². The summed E-state index contributed by atoms with van der Waals surface area (Å²) in [5, 5.41) is 8.94. The molecule has 1 aromatic heterocycles. The Bertz CT molecular complexity index is 280. The molecule has 0 spiro atoms. The molecule has 1 heterocycles. The fraction of sp³-hybridized carbons (Fsp3) is 0.375. The molecule has 0 aliphatic heterocycles. The Kier molecular flexibility index (Phi) is 4.14. The van der Waals surface area contributed by atoms with E-state index in [1.807, 2.05) is 0 Å². The Hall–Kier alpha value is -0.650. The molecule has 0 aromatic carbocycles. The van der Waals surface area contributed by atoms with Gasteiger partial charge < -0.3 is 14.6 Å². The molecule has 13 heavy (non-hydrogen) atoms. The first-order valence-corrected chi connectivity index (χ1v) is 4.45. The molecule has 0 aliphatic carbocycles. The lowest BCUT2D eigenvalue weighted by molar-refractivity contribution is 0.0490. The standard InChI is InChI=1S/C8H10BrNO3/c1-12-5-13-7-2-3-8(9)10-6(7)4-11/h2-3,11H,4-5H2,1H3. The van der Waals surface area contributed by atoms with Gasteiger partial charge in [-0.2, -0.15) is 0 Å². The second-order valence-electron chi connectivity index (χ2n) is 2.29. The molecule has 1 N–H and O–H groups in total. The average Bonchev–Trinajstić information content (AvgIpc) is 2.16. The lowest BCUT2D eigenvalue weighted by Gasteiger charge is -2.07. The summed E-state index contributed by atoms with van der Waals surface area (Å²) in [7, 11) is 1.53. The largest absolute Gasteiger partial charge is 0.466 e. The lowest BCUT2D eigenvalue weighted by Crippen LogP contribution is -2.03. The second kappa shape index (κ2) is 5.16. The van der Waals surface area contributed by atoms with Crippen molar-refractivity contribution >= 4 is 15.9 Å². The van der Waals surface area contributed by atoms with Crippen LogP contribution in [0.4, 0.5) is 0 Å². The van der Waals surface area contributed by atoms with E-state index in [2.05, 4.69) is 20.9 Å². The molecule has 0 unspecified atom stereocenters. The monoisotopic (exact) mass is 247 g/mol. The fourth-order valence-corrected chi connectivity index (χ4v) is 1.18. The van der Waals surface area contributed by atoms with Gasteiger partial charge >= 0.3 is 0 Å². The van der Waals surface area contributed by atoms with Crippen molar-refractivity contribution in [3.05, 3.63) is 22.4 Å². The molecule has 0 atom stereocenters. The smallest absolute Gasteiger partial charge is 0.188 e. The van der Waals surface area contributed by atoms with E-state index in [1.165, 1.54) is 7.11 Å². The fourth-order valence-electron chi connectivity index (χ4n) is 0.829. The SMILES string of the molecule is COCOc1ccc(Br)nc1CO. The Morgan fingerprint density at radius 3 is 2.92 bits per heavy atom. The van der Waals surface area contributed by atoms with Crippen molar-refractivity contribution in [2.24, 2.45) is 0 Å². The molecule has 0 saturated carbocycles. The van der Waals surface area contributed by atoms with Crippen molar-refractivity contribution in [2.45, 2.75) is 6.61 Å². The third-order valence-electron chi connectivity index (χ3n) is 1.38. The molecule has 0 bridgehead atoms. The summed E-state index contributed by atoms with van der Waals surface area (Å²) in [6, 6.07) is 3.46. The Morgan fingerprint density at radius 2 is 2.31 bits per heavy atom. The molecule has 4 nitrogen and oxygen atoms in total. The molecule has 0 amide bonds. The van der Waals surface area contributed by atoms with Crippen LogP contribution in [0.25, 0.3) is 0 Å². The Labute approximate surface area is 84.6 Å². The molecule has 0 fully saturated rings. The van der Waals surface area contributed by atoms with Crippen molar-refractivity contribution < 1.29 is 14.6 Å². The first-order chi connectivity index (χ1) is 6.27. The maximum atomic E-state index is 8.94. The van der Waals surface area contributed by atoms with Crippen LogP contribution in [0.2, 0.25) is 0 Å². The van der Waals surface area contributed by atoms with Crippen molar-refractivity contribution in [3.63, 3.8) is 0 Å². The van der Waals surface area contributed by atoms with E-state index in [-0.39, 0.29) is 13.4 Å². The van der Waals surface area contributed by atoms with Gasteiger partial charge in [-0.15, -0.1) is 0 Å². The summed E-state index contributed by atoms with van der Waals surface area (Å²) in [5.74, 6) is 0.535. The van der Waals surface area contributed by atoms with E-state index in [1.54, 1.807) is 12.1 Å². The van der Waals surface area contributed by atoms with E-state index < -0.39 is 0 Å². The number of hydrogen-bond acceptors (Lipinski definition) is 4. The summed E-state index contributed by atoms with van der Waals surface area (Å²) in [6.07, 6.45) is 0. The van der Waals surface area contributed by atoms with E-state index in [4.69, 9.17) is 14.6 Å². The molecule has 0 aliphatic rings. The minimum atomic E-state index is -0.154. The maximum Gasteiger partial charge on any atom is 0.188 e. The van der Waals surface area contributed by atoms with Crippen molar-refractivity contribution in [3.8, 4) is 5.75 Å². The Morgan fingerprint density at radius 1 is 1.54 bits per heavy atom. The number of aliphatic hydroxyl groups excluding tert-OH is 1. The minimum absolute atomic E-state index is 0.149. The van der Waals surface area contributed by atoms with Gasteiger partial charge in [0.25, 0.3) is 0 Å². The van der Waals surface area contributed by atoms with Crippen molar-refractivity contribution in [2.75, 3.05) is 13.9 Å². The number of rotatable bonds is 4. The minimum Gasteiger partial charge on any atom is -0.466 e. The summed E-state index contributed by atoms with van der Waals surface area (Å²) < 4.78 is 10.6. The second-order valence-corrected chi connectivity index (χ2v) is 3.10. The average molecular weight is 248 g/mol. The van der Waals surface area contributed by atoms with Crippen LogP contribution in [0.15, 0.2) is 16.7 Å². The van der Waals surface area contributed by atoms with Gasteiger partial charge in [0.15, 0.2) is 6.79 Å². The van der Waals surface area contributed by atoms with E-state index in [9.17, 15) is 0 Å².